The summed E-state index contributed by atoms with van der Waals surface area (Å²) in [6.45, 7) is 4.13. The molecule has 1 aromatic rings. The second kappa shape index (κ2) is 5.46. The molecule has 2 heteroatoms. The van der Waals surface area contributed by atoms with Gasteiger partial charge in [-0.1, -0.05) is 31.2 Å². The summed E-state index contributed by atoms with van der Waals surface area (Å²) in [5.74, 6) is 1.15. The molecule has 1 aromatic carbocycles. The normalized spacial score (nSPS) is 17.4. The van der Waals surface area contributed by atoms with E-state index >= 15 is 0 Å². The first-order valence-electron chi connectivity index (χ1n) is 6.20. The fourth-order valence-corrected chi connectivity index (χ4v) is 2.01. The summed E-state index contributed by atoms with van der Waals surface area (Å²) in [5, 5.41) is 12.4. The van der Waals surface area contributed by atoms with Gasteiger partial charge in [0.1, 0.15) is 0 Å². The Hall–Kier alpha value is -0.860. The third kappa shape index (κ3) is 3.06. The number of nitrogens with one attached hydrogen (secondary N) is 1. The minimum Gasteiger partial charge on any atom is -0.396 e. The molecule has 1 aliphatic carbocycles. The molecule has 1 unspecified atom stereocenters. The maximum absolute atomic E-state index is 8.94. The average Bonchev–Trinajstić information content (AvgIpc) is 3.13. The van der Waals surface area contributed by atoms with Gasteiger partial charge in [0.15, 0.2) is 0 Å². The maximum Gasteiger partial charge on any atom is 0.0468 e. The van der Waals surface area contributed by atoms with Crippen LogP contribution in [0.5, 0.6) is 0 Å². The Bertz CT molecular complexity index is 333. The van der Waals surface area contributed by atoms with E-state index in [1.165, 1.54) is 24.0 Å². The van der Waals surface area contributed by atoms with Gasteiger partial charge in [-0.05, 0) is 35.8 Å². The van der Waals surface area contributed by atoms with Gasteiger partial charge in [0, 0.05) is 19.7 Å². The molecule has 16 heavy (non-hydrogen) atoms. The fourth-order valence-electron chi connectivity index (χ4n) is 2.01. The topological polar surface area (TPSA) is 32.3 Å². The molecule has 0 spiro atoms. The van der Waals surface area contributed by atoms with Crippen LogP contribution < -0.4 is 5.32 Å². The van der Waals surface area contributed by atoms with Crippen LogP contribution in [0.15, 0.2) is 24.3 Å². The van der Waals surface area contributed by atoms with Crippen molar-refractivity contribution in [3.05, 3.63) is 35.4 Å². The third-order valence-electron chi connectivity index (χ3n) is 3.19. The molecule has 2 rings (SSSR count). The van der Waals surface area contributed by atoms with E-state index in [1.54, 1.807) is 0 Å². The molecule has 0 bridgehead atoms. The van der Waals surface area contributed by atoms with Gasteiger partial charge >= 0.3 is 0 Å². The Labute approximate surface area is 97.7 Å². The van der Waals surface area contributed by atoms with E-state index in [9.17, 15) is 0 Å². The van der Waals surface area contributed by atoms with Crippen molar-refractivity contribution in [3.63, 3.8) is 0 Å². The van der Waals surface area contributed by atoms with Crippen molar-refractivity contribution in [1.82, 2.24) is 5.32 Å². The Kier molecular flexibility index (Phi) is 3.97. The number of hydrogen-bond acceptors (Lipinski definition) is 2. The van der Waals surface area contributed by atoms with Crippen molar-refractivity contribution in [2.75, 3.05) is 13.2 Å². The largest absolute Gasteiger partial charge is 0.396 e. The maximum atomic E-state index is 8.94. The predicted octanol–water partition coefficient (Wildman–Crippen LogP) is 2.28. The van der Waals surface area contributed by atoms with Crippen molar-refractivity contribution < 1.29 is 5.11 Å². The molecule has 1 atom stereocenters. The molecule has 2 nitrogen and oxygen atoms in total. The zero-order valence-electron chi connectivity index (χ0n) is 9.95. The first-order valence-corrected chi connectivity index (χ1v) is 6.20. The van der Waals surface area contributed by atoms with Gasteiger partial charge in [-0.3, -0.25) is 0 Å². The van der Waals surface area contributed by atoms with Crippen LogP contribution in [0.2, 0.25) is 0 Å². The molecule has 2 N–H and O–H groups in total. The van der Waals surface area contributed by atoms with Crippen molar-refractivity contribution in [3.8, 4) is 0 Å². The van der Waals surface area contributed by atoms with Gasteiger partial charge in [0.2, 0.25) is 0 Å². The zero-order valence-corrected chi connectivity index (χ0v) is 9.95. The molecule has 1 aliphatic rings. The first-order chi connectivity index (χ1) is 7.81. The molecule has 0 radical (unpaired) electrons. The standard InChI is InChI=1S/C14H21NO/c1-11(10-16)8-15-9-13-4-2-3-5-14(13)12-6-7-12/h2-5,11-12,15-16H,6-10H2,1H3. The molecule has 1 fully saturated rings. The van der Waals surface area contributed by atoms with Gasteiger partial charge in [-0.25, -0.2) is 0 Å². The SMILES string of the molecule is CC(CO)CNCc1ccccc1C1CC1. The van der Waals surface area contributed by atoms with Gasteiger partial charge < -0.3 is 10.4 Å². The number of benzene rings is 1. The van der Waals surface area contributed by atoms with E-state index in [0.717, 1.165) is 19.0 Å². The van der Waals surface area contributed by atoms with Crippen LogP contribution in [0.3, 0.4) is 0 Å². The molecule has 1 saturated carbocycles. The molecule has 0 saturated heterocycles. The van der Waals surface area contributed by atoms with Gasteiger partial charge in [-0.2, -0.15) is 0 Å². The highest BCUT2D eigenvalue weighted by Crippen LogP contribution is 2.41. The van der Waals surface area contributed by atoms with Gasteiger partial charge in [-0.15, -0.1) is 0 Å². The number of hydrogen-bond donors (Lipinski definition) is 2. The van der Waals surface area contributed by atoms with Gasteiger partial charge in [0.05, 0.1) is 0 Å². The summed E-state index contributed by atoms with van der Waals surface area (Å²) >= 11 is 0. The van der Waals surface area contributed by atoms with E-state index in [1.807, 2.05) is 0 Å². The van der Waals surface area contributed by atoms with E-state index < -0.39 is 0 Å². The zero-order chi connectivity index (χ0) is 11.4. The molecule has 88 valence electrons. The van der Waals surface area contributed by atoms with Crippen molar-refractivity contribution >= 4 is 0 Å². The molecular formula is C14H21NO. The highest BCUT2D eigenvalue weighted by atomic mass is 16.3. The smallest absolute Gasteiger partial charge is 0.0468 e. The molecule has 0 aromatic heterocycles. The monoisotopic (exact) mass is 219 g/mol. The van der Waals surface area contributed by atoms with Gasteiger partial charge in [0.25, 0.3) is 0 Å². The Balaban J connectivity index is 1.88. The van der Waals surface area contributed by atoms with Crippen molar-refractivity contribution in [1.29, 1.82) is 0 Å². The van der Waals surface area contributed by atoms with Crippen LogP contribution in [0.4, 0.5) is 0 Å². The van der Waals surface area contributed by atoms with E-state index in [0.29, 0.717) is 5.92 Å². The second-order valence-electron chi connectivity index (χ2n) is 4.89. The lowest BCUT2D eigenvalue weighted by Gasteiger charge is -2.12. The van der Waals surface area contributed by atoms with Crippen molar-refractivity contribution in [2.24, 2.45) is 5.92 Å². The van der Waals surface area contributed by atoms with E-state index in [2.05, 4.69) is 36.5 Å². The second-order valence-corrected chi connectivity index (χ2v) is 4.89. The lowest BCUT2D eigenvalue weighted by atomic mass is 10.0. The van der Waals surface area contributed by atoms with Crippen LogP contribution in [-0.4, -0.2) is 18.3 Å². The molecular weight excluding hydrogens is 198 g/mol. The lowest BCUT2D eigenvalue weighted by molar-refractivity contribution is 0.233. The van der Waals surface area contributed by atoms with Crippen molar-refractivity contribution in [2.45, 2.75) is 32.2 Å². The minimum atomic E-state index is 0.261. The molecule has 0 aliphatic heterocycles. The third-order valence-corrected chi connectivity index (χ3v) is 3.19. The summed E-state index contributed by atoms with van der Waals surface area (Å²) in [5.41, 5.74) is 2.95. The number of aliphatic hydroxyl groups is 1. The molecule has 0 amide bonds. The summed E-state index contributed by atoms with van der Waals surface area (Å²) < 4.78 is 0. The van der Waals surface area contributed by atoms with E-state index in [-0.39, 0.29) is 6.61 Å². The van der Waals surface area contributed by atoms with Crippen LogP contribution >= 0.6 is 0 Å². The Morgan fingerprint density at radius 1 is 1.38 bits per heavy atom. The summed E-state index contributed by atoms with van der Waals surface area (Å²) in [6, 6.07) is 8.71. The fraction of sp³-hybridized carbons (Fsp3) is 0.571. The number of aliphatic hydroxyl groups excluding tert-OH is 1. The quantitative estimate of drug-likeness (QED) is 0.769. The van der Waals surface area contributed by atoms with Crippen LogP contribution in [0.1, 0.15) is 36.8 Å². The lowest BCUT2D eigenvalue weighted by Crippen LogP contribution is -2.23. The van der Waals surface area contributed by atoms with Crippen LogP contribution in [0.25, 0.3) is 0 Å². The van der Waals surface area contributed by atoms with Crippen LogP contribution in [0, 0.1) is 5.92 Å². The first kappa shape index (κ1) is 11.6. The Morgan fingerprint density at radius 3 is 2.81 bits per heavy atom. The highest BCUT2D eigenvalue weighted by molar-refractivity contribution is 5.33. The highest BCUT2D eigenvalue weighted by Gasteiger charge is 2.25. The Morgan fingerprint density at radius 2 is 2.12 bits per heavy atom. The van der Waals surface area contributed by atoms with E-state index in [4.69, 9.17) is 5.11 Å². The van der Waals surface area contributed by atoms with Crippen LogP contribution in [-0.2, 0) is 6.54 Å². The molecule has 0 heterocycles. The summed E-state index contributed by atoms with van der Waals surface area (Å²) in [7, 11) is 0. The predicted molar refractivity (Wildman–Crippen MR) is 66.4 cm³/mol. The number of rotatable bonds is 6. The minimum absolute atomic E-state index is 0.261. The summed E-state index contributed by atoms with van der Waals surface area (Å²) in [6.07, 6.45) is 2.70. The average molecular weight is 219 g/mol. The summed E-state index contributed by atoms with van der Waals surface area (Å²) in [4.78, 5) is 0.